The first kappa shape index (κ1) is 11.4. The molecule has 2 aliphatic rings. The van der Waals surface area contributed by atoms with Crippen LogP contribution in [0.4, 0.5) is 0 Å². The summed E-state index contributed by atoms with van der Waals surface area (Å²) >= 11 is 0. The molecule has 3 unspecified atom stereocenters. The second-order valence-corrected chi connectivity index (χ2v) is 5.82. The van der Waals surface area contributed by atoms with Gasteiger partial charge in [0, 0.05) is 12.1 Å². The van der Waals surface area contributed by atoms with Crippen LogP contribution in [0.5, 0.6) is 0 Å². The summed E-state index contributed by atoms with van der Waals surface area (Å²) in [5.74, 6) is 2.20. The van der Waals surface area contributed by atoms with E-state index in [0.29, 0.717) is 0 Å². The van der Waals surface area contributed by atoms with Crippen LogP contribution in [0, 0.1) is 11.8 Å². The van der Waals surface area contributed by atoms with Crippen molar-refractivity contribution in [2.24, 2.45) is 11.8 Å². The summed E-state index contributed by atoms with van der Waals surface area (Å²) in [5, 5.41) is 3.83. The predicted molar refractivity (Wildman–Crippen MR) is 66.0 cm³/mol. The van der Waals surface area contributed by atoms with Gasteiger partial charge in [0.2, 0.25) is 0 Å². The van der Waals surface area contributed by atoms with Gasteiger partial charge in [-0.15, -0.1) is 0 Å². The summed E-state index contributed by atoms with van der Waals surface area (Å²) < 4.78 is 0. The zero-order valence-electron chi connectivity index (χ0n) is 10.5. The number of nitrogens with one attached hydrogen (secondary N) is 1. The van der Waals surface area contributed by atoms with Gasteiger partial charge in [-0.3, -0.25) is 0 Å². The molecule has 0 amide bonds. The molecule has 0 aromatic rings. The van der Waals surface area contributed by atoms with Gasteiger partial charge in [-0.2, -0.15) is 0 Å². The summed E-state index contributed by atoms with van der Waals surface area (Å²) in [6, 6.07) is 1.57. The molecule has 15 heavy (non-hydrogen) atoms. The van der Waals surface area contributed by atoms with E-state index in [0.717, 1.165) is 23.9 Å². The molecule has 88 valence electrons. The molecule has 0 heterocycles. The van der Waals surface area contributed by atoms with E-state index in [2.05, 4.69) is 19.2 Å². The van der Waals surface area contributed by atoms with Crippen molar-refractivity contribution in [3.63, 3.8) is 0 Å². The SMILES string of the molecule is CCCC(C)NC1CCCC(C2CC2)C1. The van der Waals surface area contributed by atoms with Crippen LogP contribution in [0.25, 0.3) is 0 Å². The van der Waals surface area contributed by atoms with E-state index in [4.69, 9.17) is 0 Å². The van der Waals surface area contributed by atoms with Crippen molar-refractivity contribution in [1.82, 2.24) is 5.32 Å². The molecule has 0 bridgehead atoms. The highest BCUT2D eigenvalue weighted by atomic mass is 14.9. The molecule has 0 aliphatic heterocycles. The minimum absolute atomic E-state index is 0.734. The van der Waals surface area contributed by atoms with Gasteiger partial charge >= 0.3 is 0 Å². The van der Waals surface area contributed by atoms with Crippen LogP contribution in [0.15, 0.2) is 0 Å². The van der Waals surface area contributed by atoms with E-state index in [9.17, 15) is 0 Å². The van der Waals surface area contributed by atoms with Gasteiger partial charge < -0.3 is 5.32 Å². The van der Waals surface area contributed by atoms with Gasteiger partial charge in [-0.1, -0.05) is 26.2 Å². The van der Waals surface area contributed by atoms with Crippen molar-refractivity contribution in [1.29, 1.82) is 0 Å². The molecule has 2 aliphatic carbocycles. The van der Waals surface area contributed by atoms with E-state index in [-0.39, 0.29) is 0 Å². The lowest BCUT2D eigenvalue weighted by molar-refractivity contribution is 0.246. The minimum Gasteiger partial charge on any atom is -0.311 e. The Kier molecular flexibility index (Phi) is 4.07. The lowest BCUT2D eigenvalue weighted by atomic mass is 9.82. The molecule has 2 saturated carbocycles. The molecule has 2 fully saturated rings. The standard InChI is InChI=1S/C14H27N/c1-3-5-11(2)15-14-7-4-6-13(10-14)12-8-9-12/h11-15H,3-10H2,1-2H3. The summed E-state index contributed by atoms with van der Waals surface area (Å²) in [7, 11) is 0. The fraction of sp³-hybridized carbons (Fsp3) is 1.00. The molecule has 1 nitrogen and oxygen atoms in total. The average Bonchev–Trinajstić information content (AvgIpc) is 3.01. The molecule has 0 aromatic carbocycles. The molecule has 2 rings (SSSR count). The summed E-state index contributed by atoms with van der Waals surface area (Å²) in [5.41, 5.74) is 0. The molecule has 0 saturated heterocycles. The van der Waals surface area contributed by atoms with Gasteiger partial charge in [0.05, 0.1) is 0 Å². The van der Waals surface area contributed by atoms with Crippen LogP contribution in [0.1, 0.15) is 65.2 Å². The van der Waals surface area contributed by atoms with Crippen molar-refractivity contribution < 1.29 is 0 Å². The normalized spacial score (nSPS) is 34.0. The van der Waals surface area contributed by atoms with Crippen molar-refractivity contribution in [3.05, 3.63) is 0 Å². The Morgan fingerprint density at radius 3 is 2.60 bits per heavy atom. The maximum atomic E-state index is 3.83. The van der Waals surface area contributed by atoms with Crippen LogP contribution in [0.3, 0.4) is 0 Å². The largest absolute Gasteiger partial charge is 0.311 e. The first-order valence-electron chi connectivity index (χ1n) is 7.05. The van der Waals surface area contributed by atoms with E-state index >= 15 is 0 Å². The number of hydrogen-bond donors (Lipinski definition) is 1. The van der Waals surface area contributed by atoms with Crippen molar-refractivity contribution >= 4 is 0 Å². The monoisotopic (exact) mass is 209 g/mol. The third-order valence-electron chi connectivity index (χ3n) is 4.25. The minimum atomic E-state index is 0.734. The quantitative estimate of drug-likeness (QED) is 0.727. The van der Waals surface area contributed by atoms with Crippen molar-refractivity contribution in [2.75, 3.05) is 0 Å². The summed E-state index contributed by atoms with van der Waals surface area (Å²) in [6.07, 6.45) is 11.6. The van der Waals surface area contributed by atoms with Gasteiger partial charge in [-0.25, -0.2) is 0 Å². The zero-order chi connectivity index (χ0) is 10.7. The topological polar surface area (TPSA) is 12.0 Å². The Hall–Kier alpha value is -0.0400. The highest BCUT2D eigenvalue weighted by Crippen LogP contribution is 2.43. The number of hydrogen-bond acceptors (Lipinski definition) is 1. The maximum Gasteiger partial charge on any atom is 0.00722 e. The van der Waals surface area contributed by atoms with Crippen LogP contribution >= 0.6 is 0 Å². The first-order valence-corrected chi connectivity index (χ1v) is 7.05. The van der Waals surface area contributed by atoms with E-state index in [1.165, 1.54) is 51.4 Å². The van der Waals surface area contributed by atoms with E-state index < -0.39 is 0 Å². The molecule has 0 radical (unpaired) electrons. The molecule has 3 atom stereocenters. The summed E-state index contributed by atoms with van der Waals surface area (Å²) in [6.45, 7) is 4.64. The van der Waals surface area contributed by atoms with Crippen LogP contribution in [0.2, 0.25) is 0 Å². The first-order chi connectivity index (χ1) is 7.29. The smallest absolute Gasteiger partial charge is 0.00722 e. The van der Waals surface area contributed by atoms with E-state index in [1.807, 2.05) is 0 Å². The van der Waals surface area contributed by atoms with Gasteiger partial charge in [-0.05, 0) is 50.9 Å². The van der Waals surface area contributed by atoms with Crippen molar-refractivity contribution in [2.45, 2.75) is 77.3 Å². The second kappa shape index (κ2) is 5.34. The van der Waals surface area contributed by atoms with Crippen LogP contribution < -0.4 is 5.32 Å². The molecule has 1 N–H and O–H groups in total. The van der Waals surface area contributed by atoms with Gasteiger partial charge in [0.25, 0.3) is 0 Å². The molecule has 0 aromatic heterocycles. The lowest BCUT2D eigenvalue weighted by Crippen LogP contribution is -2.40. The lowest BCUT2D eigenvalue weighted by Gasteiger charge is -2.32. The predicted octanol–water partition coefficient (Wildman–Crippen LogP) is 3.73. The van der Waals surface area contributed by atoms with Gasteiger partial charge in [0.15, 0.2) is 0 Å². The zero-order valence-corrected chi connectivity index (χ0v) is 10.5. The third kappa shape index (κ3) is 3.48. The molecular weight excluding hydrogens is 182 g/mol. The summed E-state index contributed by atoms with van der Waals surface area (Å²) in [4.78, 5) is 0. The van der Waals surface area contributed by atoms with Gasteiger partial charge in [0.1, 0.15) is 0 Å². The van der Waals surface area contributed by atoms with Crippen LogP contribution in [-0.4, -0.2) is 12.1 Å². The Labute approximate surface area is 95.0 Å². The maximum absolute atomic E-state index is 3.83. The third-order valence-corrected chi connectivity index (χ3v) is 4.25. The van der Waals surface area contributed by atoms with E-state index in [1.54, 1.807) is 0 Å². The average molecular weight is 209 g/mol. The fourth-order valence-electron chi connectivity index (χ4n) is 3.29. The highest BCUT2D eigenvalue weighted by Gasteiger charge is 2.34. The Balaban J connectivity index is 1.71. The Morgan fingerprint density at radius 2 is 1.93 bits per heavy atom. The number of rotatable bonds is 5. The Morgan fingerprint density at radius 1 is 1.13 bits per heavy atom. The van der Waals surface area contributed by atoms with Crippen LogP contribution in [-0.2, 0) is 0 Å². The van der Waals surface area contributed by atoms with Crippen molar-refractivity contribution in [3.8, 4) is 0 Å². The second-order valence-electron chi connectivity index (χ2n) is 5.82. The highest BCUT2D eigenvalue weighted by molar-refractivity contribution is 4.88. The molecule has 0 spiro atoms. The Bertz CT molecular complexity index is 186. The molecular formula is C14H27N. The fourth-order valence-corrected chi connectivity index (χ4v) is 3.29. The molecule has 1 heteroatoms.